The van der Waals surface area contributed by atoms with Gasteiger partial charge in [-0.1, -0.05) is 27.7 Å². The molecule has 7 atom stereocenters. The molecule has 2 aliphatic heterocycles. The van der Waals surface area contributed by atoms with Crippen molar-refractivity contribution in [3.05, 3.63) is 0 Å². The Bertz CT molecular complexity index is 400. The molecule has 0 aromatic carbocycles. The zero-order valence-corrected chi connectivity index (χ0v) is 15.0. The van der Waals surface area contributed by atoms with Crippen LogP contribution in [0.1, 0.15) is 40.5 Å². The molecular weight excluding hydrogens is 316 g/mol. The molecule has 2 heterocycles. The maximum absolute atomic E-state index is 10.3. The maximum atomic E-state index is 10.3. The number of hydrogen-bond acceptors (Lipinski definition) is 7. The monoisotopic (exact) mass is 348 g/mol. The van der Waals surface area contributed by atoms with Gasteiger partial charge >= 0.3 is 0 Å². The van der Waals surface area contributed by atoms with E-state index in [1.807, 2.05) is 27.7 Å². The molecule has 0 spiro atoms. The third-order valence-electron chi connectivity index (χ3n) is 5.13. The summed E-state index contributed by atoms with van der Waals surface area (Å²) in [5, 5.41) is 39.7. The molecule has 7 nitrogen and oxygen atoms in total. The molecule has 24 heavy (non-hydrogen) atoms. The van der Waals surface area contributed by atoms with Gasteiger partial charge in [-0.3, -0.25) is 0 Å². The lowest BCUT2D eigenvalue weighted by Crippen LogP contribution is -2.56. The third-order valence-corrected chi connectivity index (χ3v) is 5.13. The van der Waals surface area contributed by atoms with Crippen LogP contribution >= 0.6 is 0 Å². The van der Waals surface area contributed by atoms with E-state index in [2.05, 4.69) is 0 Å². The highest BCUT2D eigenvalue weighted by Gasteiger charge is 2.46. The molecule has 2 fully saturated rings. The second-order valence-corrected chi connectivity index (χ2v) is 7.98. The number of rotatable bonds is 5. The summed E-state index contributed by atoms with van der Waals surface area (Å²) in [5.74, 6) is 0.117. The lowest BCUT2D eigenvalue weighted by atomic mass is 9.79. The fraction of sp³-hybridized carbons (Fsp3) is 1.00. The molecule has 4 N–H and O–H groups in total. The van der Waals surface area contributed by atoms with E-state index in [4.69, 9.17) is 14.2 Å². The Morgan fingerprint density at radius 3 is 2.29 bits per heavy atom. The number of aliphatic hydroxyl groups is 4. The smallest absolute Gasteiger partial charge is 0.184 e. The Balaban J connectivity index is 2.03. The van der Waals surface area contributed by atoms with Gasteiger partial charge in [-0.05, 0) is 17.8 Å². The molecular formula is C17H32O7. The van der Waals surface area contributed by atoms with Crippen LogP contribution in [0.2, 0.25) is 0 Å². The van der Waals surface area contributed by atoms with Gasteiger partial charge in [-0.15, -0.1) is 0 Å². The predicted molar refractivity (Wildman–Crippen MR) is 86.2 cm³/mol. The van der Waals surface area contributed by atoms with Crippen LogP contribution in [0.15, 0.2) is 0 Å². The number of aliphatic hydroxyl groups excluding tert-OH is 4. The fourth-order valence-corrected chi connectivity index (χ4v) is 3.60. The van der Waals surface area contributed by atoms with Crippen LogP contribution in [0.5, 0.6) is 0 Å². The van der Waals surface area contributed by atoms with Crippen LogP contribution in [0.25, 0.3) is 0 Å². The molecule has 0 aliphatic carbocycles. The minimum atomic E-state index is -0.916. The average molecular weight is 348 g/mol. The first-order chi connectivity index (χ1) is 11.2. The van der Waals surface area contributed by atoms with Crippen molar-refractivity contribution in [1.29, 1.82) is 0 Å². The summed E-state index contributed by atoms with van der Waals surface area (Å²) in [5.41, 5.74) is -0.365. The van der Waals surface area contributed by atoms with Crippen molar-refractivity contribution in [2.45, 2.75) is 83.5 Å². The van der Waals surface area contributed by atoms with Gasteiger partial charge in [0.05, 0.1) is 37.6 Å². The summed E-state index contributed by atoms with van der Waals surface area (Å²) in [6, 6.07) is 0. The molecule has 0 aromatic rings. The molecule has 0 saturated carbocycles. The van der Waals surface area contributed by atoms with Gasteiger partial charge in [0.15, 0.2) is 6.29 Å². The van der Waals surface area contributed by atoms with E-state index in [-0.39, 0.29) is 30.7 Å². The normalized spacial score (nSPS) is 43.1. The molecule has 0 aromatic heterocycles. The number of ether oxygens (including phenoxy) is 3. The van der Waals surface area contributed by atoms with E-state index in [1.54, 1.807) is 0 Å². The summed E-state index contributed by atoms with van der Waals surface area (Å²) in [4.78, 5) is 0. The Kier molecular flexibility index (Phi) is 6.64. The second-order valence-electron chi connectivity index (χ2n) is 7.98. The minimum absolute atomic E-state index is 0.117. The van der Waals surface area contributed by atoms with Gasteiger partial charge in [0.2, 0.25) is 0 Å². The van der Waals surface area contributed by atoms with Crippen molar-refractivity contribution in [3.8, 4) is 0 Å². The summed E-state index contributed by atoms with van der Waals surface area (Å²) in [6.45, 7) is 7.34. The Morgan fingerprint density at radius 1 is 1.08 bits per heavy atom. The van der Waals surface area contributed by atoms with Crippen LogP contribution in [-0.2, 0) is 14.2 Å². The van der Waals surface area contributed by atoms with Crippen LogP contribution in [0.3, 0.4) is 0 Å². The molecule has 0 radical (unpaired) electrons. The highest BCUT2D eigenvalue weighted by molar-refractivity contribution is 4.91. The Labute approximate surface area is 143 Å². The van der Waals surface area contributed by atoms with E-state index in [9.17, 15) is 20.4 Å². The van der Waals surface area contributed by atoms with Crippen molar-refractivity contribution in [2.24, 2.45) is 11.3 Å². The van der Waals surface area contributed by atoms with Crippen molar-refractivity contribution in [1.82, 2.24) is 0 Å². The van der Waals surface area contributed by atoms with Gasteiger partial charge in [0, 0.05) is 6.42 Å². The molecule has 2 saturated heterocycles. The average Bonchev–Trinajstić information content (AvgIpc) is 2.49. The van der Waals surface area contributed by atoms with Gasteiger partial charge in [0.1, 0.15) is 12.2 Å². The highest BCUT2D eigenvalue weighted by atomic mass is 16.7. The fourth-order valence-electron chi connectivity index (χ4n) is 3.60. The van der Waals surface area contributed by atoms with Gasteiger partial charge in [-0.25, -0.2) is 0 Å². The molecule has 2 unspecified atom stereocenters. The van der Waals surface area contributed by atoms with Crippen molar-refractivity contribution in [3.63, 3.8) is 0 Å². The topological polar surface area (TPSA) is 109 Å². The summed E-state index contributed by atoms with van der Waals surface area (Å²) in [6.07, 6.45) is -3.71. The molecule has 142 valence electrons. The molecule has 0 bridgehead atoms. The van der Waals surface area contributed by atoms with E-state index in [0.29, 0.717) is 12.8 Å². The Morgan fingerprint density at radius 2 is 1.75 bits per heavy atom. The molecule has 2 rings (SSSR count). The van der Waals surface area contributed by atoms with Crippen LogP contribution in [0, 0.1) is 11.3 Å². The first-order valence-electron chi connectivity index (χ1n) is 8.73. The lowest BCUT2D eigenvalue weighted by Gasteiger charge is -2.47. The minimum Gasteiger partial charge on any atom is -0.394 e. The SMILES string of the molecule is CC(C)C1OC(CO)[C@@H](O[C@@H]2O[C@H](CO)C(C)(C)C[C@@H]2O)C[C@@H]1O. The molecule has 2 aliphatic rings. The highest BCUT2D eigenvalue weighted by Crippen LogP contribution is 2.38. The van der Waals surface area contributed by atoms with Gasteiger partial charge in [-0.2, -0.15) is 0 Å². The number of hydrogen-bond donors (Lipinski definition) is 4. The largest absolute Gasteiger partial charge is 0.394 e. The van der Waals surface area contributed by atoms with E-state index in [0.717, 1.165) is 0 Å². The maximum Gasteiger partial charge on any atom is 0.184 e. The quantitative estimate of drug-likeness (QED) is 0.555. The predicted octanol–water partition coefficient (Wildman–Crippen LogP) is 0.0327. The second kappa shape index (κ2) is 7.95. The van der Waals surface area contributed by atoms with E-state index < -0.39 is 36.8 Å². The third kappa shape index (κ3) is 4.27. The van der Waals surface area contributed by atoms with Crippen LogP contribution in [0.4, 0.5) is 0 Å². The van der Waals surface area contributed by atoms with Crippen LogP contribution in [-0.4, -0.2) is 76.6 Å². The van der Waals surface area contributed by atoms with Gasteiger partial charge in [0.25, 0.3) is 0 Å². The van der Waals surface area contributed by atoms with Crippen molar-refractivity contribution in [2.75, 3.05) is 13.2 Å². The van der Waals surface area contributed by atoms with Crippen molar-refractivity contribution < 1.29 is 34.6 Å². The Hall–Kier alpha value is -0.280. The standard InChI is InChI=1S/C17H32O7/c1-9(2)15-10(20)5-12(13(7-18)22-15)23-16-11(21)6-17(3,4)14(8-19)24-16/h9-16,18-21H,5-8H2,1-4H3/t10-,11-,12-,13?,14+,15?,16+/m0/s1. The van der Waals surface area contributed by atoms with Crippen molar-refractivity contribution >= 4 is 0 Å². The van der Waals surface area contributed by atoms with Gasteiger partial charge < -0.3 is 34.6 Å². The zero-order valence-electron chi connectivity index (χ0n) is 15.0. The molecule has 7 heteroatoms. The van der Waals surface area contributed by atoms with E-state index >= 15 is 0 Å². The first kappa shape index (κ1) is 20.0. The summed E-state index contributed by atoms with van der Waals surface area (Å²) >= 11 is 0. The lowest BCUT2D eigenvalue weighted by molar-refractivity contribution is -0.314. The first-order valence-corrected chi connectivity index (χ1v) is 8.73. The summed E-state index contributed by atoms with van der Waals surface area (Å²) in [7, 11) is 0. The zero-order chi connectivity index (χ0) is 18.1. The molecule has 0 amide bonds. The summed E-state index contributed by atoms with van der Waals surface area (Å²) < 4.78 is 17.4. The van der Waals surface area contributed by atoms with E-state index in [1.165, 1.54) is 0 Å². The van der Waals surface area contributed by atoms with Crippen LogP contribution < -0.4 is 0 Å².